The number of carbonyl (C=O) groups is 1. The molecule has 0 bridgehead atoms. The van der Waals surface area contributed by atoms with Gasteiger partial charge >= 0.3 is 0 Å². The SMILES string of the molecule is O=C(c1cc2n(n1)CCCO2)N1CCC(Oc2ccncn2)CC1. The number of amides is 1. The van der Waals surface area contributed by atoms with E-state index in [9.17, 15) is 4.79 Å². The maximum absolute atomic E-state index is 12.6. The molecule has 0 unspecified atom stereocenters. The van der Waals surface area contributed by atoms with Crippen molar-refractivity contribution in [3.63, 3.8) is 0 Å². The van der Waals surface area contributed by atoms with E-state index in [1.165, 1.54) is 6.33 Å². The number of aromatic nitrogens is 4. The van der Waals surface area contributed by atoms with Gasteiger partial charge in [-0.25, -0.2) is 14.6 Å². The summed E-state index contributed by atoms with van der Waals surface area (Å²) in [5, 5.41) is 4.36. The van der Waals surface area contributed by atoms with Crippen LogP contribution in [0.4, 0.5) is 0 Å². The third-order valence-corrected chi connectivity index (χ3v) is 4.30. The number of rotatable bonds is 3. The Morgan fingerprint density at radius 3 is 2.92 bits per heavy atom. The third kappa shape index (κ3) is 3.04. The lowest BCUT2D eigenvalue weighted by atomic mass is 10.1. The first-order valence-electron chi connectivity index (χ1n) is 8.22. The molecule has 1 saturated heterocycles. The third-order valence-electron chi connectivity index (χ3n) is 4.30. The van der Waals surface area contributed by atoms with Crippen LogP contribution in [0.3, 0.4) is 0 Å². The molecule has 2 aliphatic rings. The minimum atomic E-state index is -0.0408. The van der Waals surface area contributed by atoms with Crippen LogP contribution in [0.2, 0.25) is 0 Å². The summed E-state index contributed by atoms with van der Waals surface area (Å²) < 4.78 is 13.1. The number of carbonyl (C=O) groups excluding carboxylic acids is 1. The zero-order valence-corrected chi connectivity index (χ0v) is 13.3. The smallest absolute Gasteiger partial charge is 0.274 e. The van der Waals surface area contributed by atoms with E-state index in [-0.39, 0.29) is 12.0 Å². The summed E-state index contributed by atoms with van der Waals surface area (Å²) in [5.41, 5.74) is 0.460. The van der Waals surface area contributed by atoms with Crippen LogP contribution in [0.25, 0.3) is 0 Å². The van der Waals surface area contributed by atoms with Crippen LogP contribution in [0.1, 0.15) is 29.8 Å². The molecule has 2 aromatic heterocycles. The first-order chi connectivity index (χ1) is 11.8. The molecule has 24 heavy (non-hydrogen) atoms. The standard InChI is InChI=1S/C16H19N5O3/c22-16(13-10-15-21(19-13)6-1-9-23-15)20-7-3-12(4-8-20)24-14-2-5-17-11-18-14/h2,5,10-12H,1,3-4,6-9H2. The van der Waals surface area contributed by atoms with Gasteiger partial charge in [-0.05, 0) is 0 Å². The van der Waals surface area contributed by atoms with Gasteiger partial charge in [0.15, 0.2) is 5.69 Å². The van der Waals surface area contributed by atoms with E-state index in [1.807, 2.05) is 4.90 Å². The van der Waals surface area contributed by atoms with Crippen molar-refractivity contribution in [2.24, 2.45) is 0 Å². The van der Waals surface area contributed by atoms with Gasteiger partial charge in [-0.1, -0.05) is 0 Å². The average Bonchev–Trinajstić information content (AvgIpc) is 3.07. The van der Waals surface area contributed by atoms with Crippen LogP contribution in [-0.4, -0.2) is 56.4 Å². The highest BCUT2D eigenvalue weighted by atomic mass is 16.5. The van der Waals surface area contributed by atoms with E-state index in [4.69, 9.17) is 9.47 Å². The van der Waals surface area contributed by atoms with Gasteiger partial charge in [-0.2, -0.15) is 5.10 Å². The average molecular weight is 329 g/mol. The van der Waals surface area contributed by atoms with Crippen molar-refractivity contribution >= 4 is 5.91 Å². The molecular weight excluding hydrogens is 310 g/mol. The van der Waals surface area contributed by atoms with E-state index in [2.05, 4.69) is 15.1 Å². The Morgan fingerprint density at radius 2 is 2.17 bits per heavy atom. The zero-order chi connectivity index (χ0) is 16.4. The van der Waals surface area contributed by atoms with Gasteiger partial charge in [-0.3, -0.25) is 4.79 Å². The Morgan fingerprint density at radius 1 is 1.29 bits per heavy atom. The normalized spacial score (nSPS) is 17.9. The molecule has 2 aromatic rings. The lowest BCUT2D eigenvalue weighted by Crippen LogP contribution is -2.42. The van der Waals surface area contributed by atoms with E-state index < -0.39 is 0 Å². The number of aryl methyl sites for hydroxylation is 1. The summed E-state index contributed by atoms with van der Waals surface area (Å²) in [4.78, 5) is 22.4. The number of hydrogen-bond donors (Lipinski definition) is 0. The van der Waals surface area contributed by atoms with Gasteiger partial charge in [0.25, 0.3) is 5.91 Å². The molecule has 1 amide bonds. The Hall–Kier alpha value is -2.64. The molecule has 4 heterocycles. The van der Waals surface area contributed by atoms with E-state index in [1.54, 1.807) is 23.0 Å². The fourth-order valence-electron chi connectivity index (χ4n) is 3.03. The molecule has 8 nitrogen and oxygen atoms in total. The van der Waals surface area contributed by atoms with E-state index in [0.717, 1.165) is 25.8 Å². The fraction of sp³-hybridized carbons (Fsp3) is 0.500. The summed E-state index contributed by atoms with van der Waals surface area (Å²) in [6.45, 7) is 2.79. The lowest BCUT2D eigenvalue weighted by Gasteiger charge is -2.31. The van der Waals surface area contributed by atoms with Crippen LogP contribution >= 0.6 is 0 Å². The molecule has 0 aliphatic carbocycles. The molecule has 0 aromatic carbocycles. The maximum atomic E-state index is 12.6. The van der Waals surface area contributed by atoms with Crippen molar-refractivity contribution < 1.29 is 14.3 Å². The van der Waals surface area contributed by atoms with Crippen LogP contribution in [0, 0.1) is 0 Å². The summed E-state index contributed by atoms with van der Waals surface area (Å²) in [5.74, 6) is 1.22. The molecule has 0 N–H and O–H groups in total. The highest BCUT2D eigenvalue weighted by Crippen LogP contribution is 2.22. The number of likely N-dealkylation sites (tertiary alicyclic amines) is 1. The minimum Gasteiger partial charge on any atom is -0.478 e. The first kappa shape index (κ1) is 14.9. The molecule has 126 valence electrons. The number of nitrogens with zero attached hydrogens (tertiary/aromatic N) is 5. The molecule has 1 fully saturated rings. The van der Waals surface area contributed by atoms with Crippen molar-refractivity contribution in [1.29, 1.82) is 0 Å². The predicted octanol–water partition coefficient (Wildman–Crippen LogP) is 1.14. The minimum absolute atomic E-state index is 0.0408. The van der Waals surface area contributed by atoms with Crippen LogP contribution in [0.5, 0.6) is 11.8 Å². The number of piperidine rings is 1. The second-order valence-electron chi connectivity index (χ2n) is 5.95. The number of fused-ring (bicyclic) bond motifs is 1. The van der Waals surface area contributed by atoms with Gasteiger partial charge in [0.1, 0.15) is 12.4 Å². The van der Waals surface area contributed by atoms with Gasteiger partial charge in [0.2, 0.25) is 11.8 Å². The van der Waals surface area contributed by atoms with Crippen LogP contribution in [-0.2, 0) is 6.54 Å². The molecule has 0 atom stereocenters. The van der Waals surface area contributed by atoms with Crippen molar-refractivity contribution in [3.05, 3.63) is 30.4 Å². The fourth-order valence-corrected chi connectivity index (χ4v) is 3.03. The van der Waals surface area contributed by atoms with E-state index >= 15 is 0 Å². The zero-order valence-electron chi connectivity index (χ0n) is 13.3. The Kier molecular flexibility index (Phi) is 4.02. The largest absolute Gasteiger partial charge is 0.478 e. The van der Waals surface area contributed by atoms with Crippen molar-refractivity contribution in [3.8, 4) is 11.8 Å². The van der Waals surface area contributed by atoms with Crippen molar-refractivity contribution in [2.45, 2.75) is 31.9 Å². The summed E-state index contributed by atoms with van der Waals surface area (Å²) in [6, 6.07) is 3.48. The van der Waals surface area contributed by atoms with Gasteiger partial charge in [0.05, 0.1) is 6.61 Å². The predicted molar refractivity (Wildman–Crippen MR) is 83.9 cm³/mol. The quantitative estimate of drug-likeness (QED) is 0.840. The summed E-state index contributed by atoms with van der Waals surface area (Å²) >= 11 is 0. The molecule has 0 radical (unpaired) electrons. The van der Waals surface area contributed by atoms with Gasteiger partial charge in [-0.15, -0.1) is 0 Å². The second kappa shape index (κ2) is 6.46. The molecule has 4 rings (SSSR count). The van der Waals surface area contributed by atoms with Gasteiger partial charge in [0, 0.05) is 57.2 Å². The number of hydrogen-bond acceptors (Lipinski definition) is 6. The molecule has 0 spiro atoms. The van der Waals surface area contributed by atoms with E-state index in [0.29, 0.717) is 37.2 Å². The van der Waals surface area contributed by atoms with Crippen LogP contribution in [0.15, 0.2) is 24.7 Å². The second-order valence-corrected chi connectivity index (χ2v) is 5.95. The highest BCUT2D eigenvalue weighted by Gasteiger charge is 2.27. The first-order valence-corrected chi connectivity index (χ1v) is 8.22. The Labute approximate surface area is 139 Å². The van der Waals surface area contributed by atoms with Crippen LogP contribution < -0.4 is 9.47 Å². The monoisotopic (exact) mass is 329 g/mol. The van der Waals surface area contributed by atoms with Crippen molar-refractivity contribution in [2.75, 3.05) is 19.7 Å². The summed E-state index contributed by atoms with van der Waals surface area (Å²) in [7, 11) is 0. The van der Waals surface area contributed by atoms with Gasteiger partial charge < -0.3 is 14.4 Å². The Balaban J connectivity index is 1.35. The number of ether oxygens (including phenoxy) is 2. The lowest BCUT2D eigenvalue weighted by molar-refractivity contribution is 0.0581. The highest BCUT2D eigenvalue weighted by molar-refractivity contribution is 5.92. The molecular formula is C16H19N5O3. The topological polar surface area (TPSA) is 82.4 Å². The molecule has 8 heteroatoms. The molecule has 2 aliphatic heterocycles. The Bertz CT molecular complexity index is 686. The summed E-state index contributed by atoms with van der Waals surface area (Å²) in [6.07, 6.45) is 5.68. The molecule has 0 saturated carbocycles. The van der Waals surface area contributed by atoms with Crippen molar-refractivity contribution in [1.82, 2.24) is 24.6 Å². The maximum Gasteiger partial charge on any atom is 0.274 e.